The third kappa shape index (κ3) is 5.02. The van der Waals surface area contributed by atoms with E-state index in [9.17, 15) is 27.4 Å². The van der Waals surface area contributed by atoms with E-state index in [1.54, 1.807) is 36.4 Å². The normalized spacial score (nSPS) is 14.4. The van der Waals surface area contributed by atoms with Gasteiger partial charge in [0.1, 0.15) is 11.9 Å². The van der Waals surface area contributed by atoms with Crippen molar-refractivity contribution in [1.82, 2.24) is 10.2 Å². The summed E-state index contributed by atoms with van der Waals surface area (Å²) in [6, 6.07) is 15.2. The molecular weight excluding hydrogens is 412 g/mol. The Kier molecular flexibility index (Phi) is 6.48. The first-order valence-electron chi connectivity index (χ1n) is 9.13. The van der Waals surface area contributed by atoms with E-state index in [1.165, 1.54) is 12.1 Å². The van der Waals surface area contributed by atoms with Gasteiger partial charge in [0.15, 0.2) is 0 Å². The lowest BCUT2D eigenvalue weighted by Gasteiger charge is -2.19. The van der Waals surface area contributed by atoms with E-state index in [-0.39, 0.29) is 30.7 Å². The smallest absolute Gasteiger partial charge is 0.407 e. The van der Waals surface area contributed by atoms with Crippen LogP contribution in [0.3, 0.4) is 0 Å². The Morgan fingerprint density at radius 3 is 2.13 bits per heavy atom. The highest BCUT2D eigenvalue weighted by atomic mass is 32.2. The van der Waals surface area contributed by atoms with Gasteiger partial charge in [-0.3, -0.25) is 19.0 Å². The number of imide groups is 1. The molecule has 1 unspecified atom stereocenters. The van der Waals surface area contributed by atoms with Crippen molar-refractivity contribution in [3.63, 3.8) is 0 Å². The number of rotatable bonds is 8. The molecule has 3 amide bonds. The minimum absolute atomic E-state index is 0.00173. The van der Waals surface area contributed by atoms with Gasteiger partial charge in [-0.1, -0.05) is 42.5 Å². The van der Waals surface area contributed by atoms with Gasteiger partial charge in [0, 0.05) is 13.1 Å². The number of carbonyl (C=O) groups is 3. The van der Waals surface area contributed by atoms with Gasteiger partial charge in [-0.25, -0.2) is 4.79 Å². The maximum atomic E-state index is 12.4. The van der Waals surface area contributed by atoms with Crippen LogP contribution in [0.25, 0.3) is 0 Å². The number of fused-ring (bicyclic) bond motifs is 1. The SMILES string of the molecule is O=C(NCC(CCN1C(=O)c2ccccc2C1=O)S(=O)(=O)O)OCc1ccccc1. The van der Waals surface area contributed by atoms with Gasteiger partial charge in [0.25, 0.3) is 21.9 Å². The van der Waals surface area contributed by atoms with Gasteiger partial charge < -0.3 is 10.1 Å². The van der Waals surface area contributed by atoms with Gasteiger partial charge in [-0.2, -0.15) is 8.42 Å². The summed E-state index contributed by atoms with van der Waals surface area (Å²) in [6.45, 7) is -0.661. The summed E-state index contributed by atoms with van der Waals surface area (Å²) in [5.41, 5.74) is 1.24. The molecule has 158 valence electrons. The predicted octanol–water partition coefficient (Wildman–Crippen LogP) is 1.86. The first-order valence-corrected chi connectivity index (χ1v) is 10.6. The van der Waals surface area contributed by atoms with Gasteiger partial charge in [0.2, 0.25) is 0 Å². The quantitative estimate of drug-likeness (QED) is 0.481. The van der Waals surface area contributed by atoms with E-state index < -0.39 is 39.8 Å². The van der Waals surface area contributed by atoms with E-state index >= 15 is 0 Å². The van der Waals surface area contributed by atoms with Crippen LogP contribution in [0.4, 0.5) is 4.79 Å². The molecule has 30 heavy (non-hydrogen) atoms. The average Bonchev–Trinajstić information content (AvgIpc) is 2.97. The monoisotopic (exact) mass is 432 g/mol. The van der Waals surface area contributed by atoms with E-state index in [1.807, 2.05) is 6.07 Å². The minimum atomic E-state index is -4.54. The van der Waals surface area contributed by atoms with Crippen LogP contribution < -0.4 is 5.32 Å². The third-order valence-corrected chi connectivity index (χ3v) is 5.91. The lowest BCUT2D eigenvalue weighted by atomic mass is 10.1. The van der Waals surface area contributed by atoms with Crippen LogP contribution >= 0.6 is 0 Å². The van der Waals surface area contributed by atoms with Crippen molar-refractivity contribution in [2.75, 3.05) is 13.1 Å². The molecule has 1 heterocycles. The van der Waals surface area contributed by atoms with E-state index in [0.717, 1.165) is 10.5 Å². The largest absolute Gasteiger partial charge is 0.445 e. The lowest BCUT2D eigenvalue weighted by molar-refractivity contribution is 0.0650. The fourth-order valence-corrected chi connectivity index (χ4v) is 3.74. The van der Waals surface area contributed by atoms with E-state index in [4.69, 9.17) is 4.74 Å². The second-order valence-corrected chi connectivity index (χ2v) is 8.37. The molecule has 2 aromatic carbocycles. The van der Waals surface area contributed by atoms with E-state index in [0.29, 0.717) is 0 Å². The van der Waals surface area contributed by atoms with Crippen molar-refractivity contribution in [2.45, 2.75) is 18.3 Å². The summed E-state index contributed by atoms with van der Waals surface area (Å²) >= 11 is 0. The number of nitrogens with zero attached hydrogens (tertiary/aromatic N) is 1. The average molecular weight is 432 g/mol. The molecule has 1 atom stereocenters. The zero-order valence-electron chi connectivity index (χ0n) is 15.9. The van der Waals surface area contributed by atoms with Crippen LogP contribution in [0.15, 0.2) is 54.6 Å². The molecule has 2 aromatic rings. The number of hydrogen-bond donors (Lipinski definition) is 2. The highest BCUT2D eigenvalue weighted by molar-refractivity contribution is 7.86. The summed E-state index contributed by atoms with van der Waals surface area (Å²) in [6.07, 6.45) is -1.10. The number of amides is 3. The van der Waals surface area contributed by atoms with Crippen LogP contribution in [-0.2, 0) is 21.5 Å². The molecule has 0 radical (unpaired) electrons. The number of carbonyl (C=O) groups excluding carboxylic acids is 3. The van der Waals surface area contributed by atoms with Crippen molar-refractivity contribution in [2.24, 2.45) is 0 Å². The van der Waals surface area contributed by atoms with Gasteiger partial charge >= 0.3 is 6.09 Å². The fraction of sp³-hybridized carbons (Fsp3) is 0.250. The molecule has 2 N–H and O–H groups in total. The van der Waals surface area contributed by atoms with Crippen LogP contribution in [0.2, 0.25) is 0 Å². The number of nitrogens with one attached hydrogen (secondary N) is 1. The van der Waals surface area contributed by atoms with E-state index in [2.05, 4.69) is 5.32 Å². The van der Waals surface area contributed by atoms with Crippen LogP contribution in [-0.4, -0.2) is 54.1 Å². The van der Waals surface area contributed by atoms with Crippen molar-refractivity contribution >= 4 is 28.0 Å². The maximum absolute atomic E-state index is 12.4. The molecule has 0 saturated heterocycles. The topological polar surface area (TPSA) is 130 Å². The molecule has 0 aliphatic carbocycles. The van der Waals surface area contributed by atoms with Crippen molar-refractivity contribution in [3.8, 4) is 0 Å². The first kappa shape index (κ1) is 21.5. The Bertz CT molecular complexity index is 1020. The summed E-state index contributed by atoms with van der Waals surface area (Å²) in [5, 5.41) is 0.875. The zero-order valence-corrected chi connectivity index (χ0v) is 16.7. The highest BCUT2D eigenvalue weighted by Gasteiger charge is 2.36. The molecule has 0 aromatic heterocycles. The molecule has 10 heteroatoms. The fourth-order valence-electron chi connectivity index (χ4n) is 3.04. The van der Waals surface area contributed by atoms with Gasteiger partial charge in [-0.15, -0.1) is 0 Å². The van der Waals surface area contributed by atoms with Crippen molar-refractivity contribution in [3.05, 3.63) is 71.3 Å². The highest BCUT2D eigenvalue weighted by Crippen LogP contribution is 2.23. The maximum Gasteiger partial charge on any atom is 0.407 e. The molecule has 1 aliphatic rings. The van der Waals surface area contributed by atoms with Gasteiger partial charge in [-0.05, 0) is 24.1 Å². The summed E-state index contributed by atoms with van der Waals surface area (Å²) in [7, 11) is -4.54. The van der Waals surface area contributed by atoms with Crippen LogP contribution in [0.1, 0.15) is 32.7 Å². The number of benzene rings is 2. The second-order valence-electron chi connectivity index (χ2n) is 6.68. The number of ether oxygens (including phenoxy) is 1. The number of alkyl carbamates (subject to hydrolysis) is 1. The van der Waals surface area contributed by atoms with Crippen molar-refractivity contribution < 1.29 is 32.1 Å². The number of hydrogen-bond acceptors (Lipinski definition) is 6. The molecule has 0 fully saturated rings. The minimum Gasteiger partial charge on any atom is -0.445 e. The molecule has 1 aliphatic heterocycles. The second kappa shape index (κ2) is 9.06. The van der Waals surface area contributed by atoms with Crippen LogP contribution in [0, 0.1) is 0 Å². The van der Waals surface area contributed by atoms with Crippen molar-refractivity contribution in [1.29, 1.82) is 0 Å². The van der Waals surface area contributed by atoms with Gasteiger partial charge in [0.05, 0.1) is 11.1 Å². The Labute approximate surface area is 173 Å². The molecular formula is C20H20N2O7S. The molecule has 3 rings (SSSR count). The Morgan fingerprint density at radius 2 is 1.57 bits per heavy atom. The standard InChI is InChI=1S/C20H20N2O7S/c23-18-16-8-4-5-9-17(16)19(24)22(18)11-10-15(30(26,27)28)12-21-20(25)29-13-14-6-2-1-3-7-14/h1-9,15H,10-13H2,(H,21,25)(H,26,27,28). The Balaban J connectivity index is 1.55. The Morgan fingerprint density at radius 1 is 1.00 bits per heavy atom. The summed E-state index contributed by atoms with van der Waals surface area (Å²) in [5.74, 6) is -1.06. The molecule has 9 nitrogen and oxygen atoms in total. The molecule has 0 spiro atoms. The summed E-state index contributed by atoms with van der Waals surface area (Å²) < 4.78 is 37.8. The lowest BCUT2D eigenvalue weighted by Crippen LogP contribution is -2.40. The van der Waals surface area contributed by atoms with Crippen LogP contribution in [0.5, 0.6) is 0 Å². The molecule has 0 bridgehead atoms. The molecule has 0 saturated carbocycles. The summed E-state index contributed by atoms with van der Waals surface area (Å²) in [4.78, 5) is 37.5. The predicted molar refractivity (Wildman–Crippen MR) is 106 cm³/mol. The first-order chi connectivity index (χ1) is 14.3. The third-order valence-electron chi connectivity index (χ3n) is 4.66. The Hall–Kier alpha value is -3.24. The zero-order chi connectivity index (χ0) is 21.7.